The standard InChI is InChI=1S/C27H50N2O6SSi/c1-18(2)37(19(3)4,20(5)6)34-17-26(7,8)24-15-23(29-35-24)22-16-33-13-11-21(22)12-14-36(31,32)27(9,10)25(28)30/h15,18-22H,11-14,16-17H2,1-10H3,(H2,28,30). The zero-order chi connectivity index (χ0) is 28.4. The maximum atomic E-state index is 12.8. The second kappa shape index (κ2) is 11.9. The molecule has 2 atom stereocenters. The number of ether oxygens (including phenoxy) is 1. The molecule has 0 bridgehead atoms. The summed E-state index contributed by atoms with van der Waals surface area (Å²) in [5, 5.41) is 4.40. The Labute approximate surface area is 225 Å². The van der Waals surface area contributed by atoms with Crippen LogP contribution in [-0.4, -0.2) is 58.1 Å². The summed E-state index contributed by atoms with van der Waals surface area (Å²) in [4.78, 5) is 11.7. The summed E-state index contributed by atoms with van der Waals surface area (Å²) in [6.45, 7) is 22.2. The highest BCUT2D eigenvalue weighted by Gasteiger charge is 2.46. The van der Waals surface area contributed by atoms with Gasteiger partial charge in [0.15, 0.2) is 18.2 Å². The van der Waals surface area contributed by atoms with Gasteiger partial charge in [0, 0.05) is 30.6 Å². The quantitative estimate of drug-likeness (QED) is 0.325. The van der Waals surface area contributed by atoms with Crippen LogP contribution in [0.1, 0.15) is 99.5 Å². The van der Waals surface area contributed by atoms with E-state index in [0.29, 0.717) is 42.9 Å². The van der Waals surface area contributed by atoms with Crippen molar-refractivity contribution in [2.24, 2.45) is 11.7 Å². The van der Waals surface area contributed by atoms with Gasteiger partial charge >= 0.3 is 0 Å². The Morgan fingerprint density at radius 2 is 1.70 bits per heavy atom. The number of sulfone groups is 1. The molecule has 0 saturated carbocycles. The minimum atomic E-state index is -3.70. The smallest absolute Gasteiger partial charge is 0.238 e. The van der Waals surface area contributed by atoms with Gasteiger partial charge in [-0.15, -0.1) is 0 Å². The molecule has 0 spiro atoms. The highest BCUT2D eigenvalue weighted by Crippen LogP contribution is 2.44. The molecule has 0 aromatic carbocycles. The minimum absolute atomic E-state index is 0.0485. The maximum Gasteiger partial charge on any atom is 0.238 e. The second-order valence-electron chi connectivity index (χ2n) is 12.8. The van der Waals surface area contributed by atoms with E-state index < -0.39 is 28.8 Å². The zero-order valence-corrected chi connectivity index (χ0v) is 26.4. The molecule has 8 nitrogen and oxygen atoms in total. The first-order valence-electron chi connectivity index (χ1n) is 13.6. The van der Waals surface area contributed by atoms with Crippen LogP contribution in [0.4, 0.5) is 0 Å². The van der Waals surface area contributed by atoms with E-state index in [1.807, 2.05) is 6.07 Å². The molecule has 0 radical (unpaired) electrons. The van der Waals surface area contributed by atoms with Crippen LogP contribution in [0, 0.1) is 5.92 Å². The Hall–Kier alpha value is -1.23. The SMILES string of the molecule is CC(C)[Si](OCC(C)(C)c1cc(C2COCCC2CCS(=O)(=O)C(C)(C)C(N)=O)no1)(C(C)C)C(C)C. The summed E-state index contributed by atoms with van der Waals surface area (Å²) < 4.78 is 42.5. The predicted molar refractivity (Wildman–Crippen MR) is 150 cm³/mol. The van der Waals surface area contributed by atoms with Crippen LogP contribution >= 0.6 is 0 Å². The van der Waals surface area contributed by atoms with E-state index in [4.69, 9.17) is 19.4 Å². The summed E-state index contributed by atoms with van der Waals surface area (Å²) in [6, 6.07) is 1.99. The number of primary amides is 1. The zero-order valence-electron chi connectivity index (χ0n) is 24.6. The van der Waals surface area contributed by atoms with Gasteiger partial charge in [-0.25, -0.2) is 8.42 Å². The molecule has 214 valence electrons. The third-order valence-corrected chi connectivity index (χ3v) is 17.2. The Bertz CT molecular complexity index is 994. The average molecular weight is 559 g/mol. The van der Waals surface area contributed by atoms with Crippen LogP contribution < -0.4 is 5.73 Å². The minimum Gasteiger partial charge on any atom is -0.415 e. The molecule has 1 aromatic heterocycles. The van der Waals surface area contributed by atoms with Crippen LogP contribution in [0.15, 0.2) is 10.6 Å². The lowest BCUT2D eigenvalue weighted by Gasteiger charge is -2.43. The fourth-order valence-corrected chi connectivity index (χ4v) is 12.9. The van der Waals surface area contributed by atoms with Gasteiger partial charge in [-0.2, -0.15) is 0 Å². The molecule has 1 aliphatic rings. The number of rotatable bonds is 13. The number of amides is 1. The third kappa shape index (κ3) is 6.68. The normalized spacial score (nSPS) is 20.2. The van der Waals surface area contributed by atoms with Crippen LogP contribution in [-0.2, 0) is 29.2 Å². The first-order valence-corrected chi connectivity index (χ1v) is 17.4. The maximum absolute atomic E-state index is 12.8. The van der Waals surface area contributed by atoms with Crippen molar-refractivity contribution in [3.05, 3.63) is 17.5 Å². The lowest BCUT2D eigenvalue weighted by Crippen LogP contribution is -2.49. The fourth-order valence-electron chi connectivity index (χ4n) is 5.83. The van der Waals surface area contributed by atoms with Crippen molar-refractivity contribution in [3.63, 3.8) is 0 Å². The lowest BCUT2D eigenvalue weighted by atomic mass is 9.83. The summed E-state index contributed by atoms with van der Waals surface area (Å²) in [5.41, 5.74) is 7.23. The van der Waals surface area contributed by atoms with E-state index >= 15 is 0 Å². The van der Waals surface area contributed by atoms with Crippen molar-refractivity contribution >= 4 is 24.1 Å². The molecule has 1 amide bonds. The van der Waals surface area contributed by atoms with Gasteiger partial charge in [0.2, 0.25) is 5.91 Å². The second-order valence-corrected chi connectivity index (χ2v) is 20.9. The topological polar surface area (TPSA) is 122 Å². The van der Waals surface area contributed by atoms with Crippen molar-refractivity contribution in [2.75, 3.05) is 25.6 Å². The van der Waals surface area contributed by atoms with Crippen molar-refractivity contribution < 1.29 is 26.9 Å². The molecule has 10 heteroatoms. The van der Waals surface area contributed by atoms with Crippen molar-refractivity contribution in [2.45, 2.75) is 115 Å². The number of carbonyl (C=O) groups excluding carboxylic acids is 1. The van der Waals surface area contributed by atoms with Gasteiger partial charge in [0.1, 0.15) is 10.5 Å². The van der Waals surface area contributed by atoms with Crippen molar-refractivity contribution in [3.8, 4) is 0 Å². The molecule has 2 rings (SSSR count). The molecule has 1 saturated heterocycles. The van der Waals surface area contributed by atoms with Gasteiger partial charge < -0.3 is 19.4 Å². The van der Waals surface area contributed by atoms with E-state index in [0.717, 1.165) is 17.9 Å². The van der Waals surface area contributed by atoms with Gasteiger partial charge in [-0.05, 0) is 49.2 Å². The molecule has 0 aliphatic carbocycles. The Morgan fingerprint density at radius 1 is 1.14 bits per heavy atom. The lowest BCUT2D eigenvalue weighted by molar-refractivity contribution is -0.119. The number of nitrogens with zero attached hydrogens (tertiary/aromatic N) is 1. The number of hydrogen-bond acceptors (Lipinski definition) is 7. The average Bonchev–Trinajstić information content (AvgIpc) is 3.28. The van der Waals surface area contributed by atoms with Gasteiger partial charge in [-0.1, -0.05) is 60.5 Å². The van der Waals surface area contributed by atoms with E-state index in [2.05, 4.69) is 60.5 Å². The number of nitrogens with two attached hydrogens (primary N) is 1. The van der Waals surface area contributed by atoms with E-state index in [1.54, 1.807) is 0 Å². The highest BCUT2D eigenvalue weighted by molar-refractivity contribution is 7.93. The Kier molecular flexibility index (Phi) is 10.3. The predicted octanol–water partition coefficient (Wildman–Crippen LogP) is 5.33. The molecule has 2 N–H and O–H groups in total. The molecule has 1 aromatic rings. The van der Waals surface area contributed by atoms with Crippen LogP contribution in [0.5, 0.6) is 0 Å². The third-order valence-electron chi connectivity index (χ3n) is 8.59. The van der Waals surface area contributed by atoms with Gasteiger partial charge in [0.25, 0.3) is 0 Å². The van der Waals surface area contributed by atoms with Crippen LogP contribution in [0.2, 0.25) is 16.6 Å². The summed E-state index contributed by atoms with van der Waals surface area (Å²) in [7, 11) is -5.73. The molecular weight excluding hydrogens is 508 g/mol. The van der Waals surface area contributed by atoms with Crippen LogP contribution in [0.25, 0.3) is 0 Å². The van der Waals surface area contributed by atoms with Gasteiger partial charge in [-0.3, -0.25) is 4.79 Å². The summed E-state index contributed by atoms with van der Waals surface area (Å²) in [5.74, 6) is -0.215. The molecular formula is C27H50N2O6SSi. The van der Waals surface area contributed by atoms with E-state index in [9.17, 15) is 13.2 Å². The molecule has 37 heavy (non-hydrogen) atoms. The largest absolute Gasteiger partial charge is 0.415 e. The monoisotopic (exact) mass is 558 g/mol. The molecule has 1 fully saturated rings. The van der Waals surface area contributed by atoms with Crippen molar-refractivity contribution in [1.29, 1.82) is 0 Å². The van der Waals surface area contributed by atoms with Crippen molar-refractivity contribution in [1.82, 2.24) is 5.16 Å². The highest BCUT2D eigenvalue weighted by atomic mass is 32.2. The first-order chi connectivity index (χ1) is 16.9. The number of hydrogen-bond donors (Lipinski definition) is 1. The Morgan fingerprint density at radius 3 is 2.22 bits per heavy atom. The van der Waals surface area contributed by atoms with E-state index in [1.165, 1.54) is 13.8 Å². The van der Waals surface area contributed by atoms with Gasteiger partial charge in [0.05, 0.1) is 18.1 Å². The summed E-state index contributed by atoms with van der Waals surface area (Å²) >= 11 is 0. The number of aromatic nitrogens is 1. The fraction of sp³-hybridized carbons (Fsp3) is 0.852. The van der Waals surface area contributed by atoms with E-state index in [-0.39, 0.29) is 23.0 Å². The molecule has 1 aliphatic heterocycles. The molecule has 2 unspecified atom stereocenters. The number of carbonyl (C=O) groups is 1. The first kappa shape index (κ1) is 32.0. The molecule has 2 heterocycles. The summed E-state index contributed by atoms with van der Waals surface area (Å²) in [6.07, 6.45) is 1.13. The van der Waals surface area contributed by atoms with Crippen LogP contribution in [0.3, 0.4) is 0 Å². The Balaban J connectivity index is 2.20.